The Hall–Kier alpha value is -2.63. The zero-order chi connectivity index (χ0) is 20.1. The molecule has 28 heavy (non-hydrogen) atoms. The predicted molar refractivity (Wildman–Crippen MR) is 109 cm³/mol. The third-order valence-electron chi connectivity index (χ3n) is 4.08. The molecule has 0 unspecified atom stereocenters. The van der Waals surface area contributed by atoms with Gasteiger partial charge in [0, 0.05) is 17.8 Å². The monoisotopic (exact) mass is 421 g/mol. The lowest BCUT2D eigenvalue weighted by atomic mass is 10.1. The molecule has 0 saturated heterocycles. The maximum atomic E-state index is 13.1. The molecule has 0 saturated carbocycles. The van der Waals surface area contributed by atoms with E-state index in [9.17, 15) is 9.50 Å². The number of ether oxygens (including phenoxy) is 2. The van der Waals surface area contributed by atoms with Crippen LogP contribution in [0.5, 0.6) is 17.2 Å². The molecule has 7 heteroatoms. The average Bonchev–Trinajstić information content (AvgIpc) is 2.70. The molecule has 0 aliphatic rings. The van der Waals surface area contributed by atoms with Crippen molar-refractivity contribution in [3.63, 3.8) is 0 Å². The Kier molecular flexibility index (Phi) is 6.49. The Morgan fingerprint density at radius 2 is 1.71 bits per heavy atom. The lowest BCUT2D eigenvalue weighted by Crippen LogP contribution is -2.05. The van der Waals surface area contributed by atoms with Gasteiger partial charge in [-0.3, -0.25) is 0 Å². The zero-order valence-corrected chi connectivity index (χ0v) is 16.5. The molecule has 3 rings (SSSR count). The van der Waals surface area contributed by atoms with Crippen molar-refractivity contribution in [2.45, 2.75) is 13.2 Å². The fourth-order valence-electron chi connectivity index (χ4n) is 2.63. The van der Waals surface area contributed by atoms with E-state index < -0.39 is 0 Å². The fourth-order valence-corrected chi connectivity index (χ4v) is 3.11. The lowest BCUT2D eigenvalue weighted by Gasteiger charge is -2.16. The first-order chi connectivity index (χ1) is 13.5. The first-order valence-corrected chi connectivity index (χ1v) is 9.18. The van der Waals surface area contributed by atoms with Gasteiger partial charge in [0.05, 0.1) is 17.2 Å². The minimum absolute atomic E-state index is 0.154. The van der Waals surface area contributed by atoms with Gasteiger partial charge in [0.1, 0.15) is 12.4 Å². The van der Waals surface area contributed by atoms with Crippen molar-refractivity contribution in [2.24, 2.45) is 0 Å². The molecule has 0 atom stereocenters. The van der Waals surface area contributed by atoms with Crippen LogP contribution in [0.1, 0.15) is 11.1 Å². The normalized spacial score (nSPS) is 10.6. The van der Waals surface area contributed by atoms with Crippen LogP contribution in [0.15, 0.2) is 54.6 Å². The predicted octanol–water partition coefficient (Wildman–Crippen LogP) is 6.04. The maximum Gasteiger partial charge on any atom is 0.166 e. The minimum atomic E-state index is -0.294. The Bertz CT molecular complexity index is 941. The standard InChI is InChI=1S/C21H18Cl2FNO3/c1-27-19-4-2-3-14(11-25-16-9-17(22)20(26)18(23)10-16)21(19)28-12-13-5-7-15(24)8-6-13/h2-10,25-26H,11-12H2,1H3. The van der Waals surface area contributed by atoms with E-state index in [0.717, 1.165) is 11.1 Å². The number of phenolic OH excluding ortho intramolecular Hbond substituents is 1. The third kappa shape index (κ3) is 4.80. The van der Waals surface area contributed by atoms with E-state index in [1.165, 1.54) is 12.1 Å². The fraction of sp³-hybridized carbons (Fsp3) is 0.143. The molecule has 0 aromatic heterocycles. The highest BCUT2D eigenvalue weighted by atomic mass is 35.5. The number of phenols is 1. The Morgan fingerprint density at radius 3 is 2.36 bits per heavy atom. The van der Waals surface area contributed by atoms with Crippen LogP contribution < -0.4 is 14.8 Å². The quantitative estimate of drug-likeness (QED) is 0.456. The summed E-state index contributed by atoms with van der Waals surface area (Å²) in [7, 11) is 1.57. The molecule has 3 aromatic rings. The van der Waals surface area contributed by atoms with E-state index in [2.05, 4.69) is 5.32 Å². The van der Waals surface area contributed by atoms with Crippen molar-refractivity contribution in [2.75, 3.05) is 12.4 Å². The highest BCUT2D eigenvalue weighted by molar-refractivity contribution is 6.37. The smallest absolute Gasteiger partial charge is 0.166 e. The second-order valence-corrected chi connectivity index (χ2v) is 6.82. The molecule has 0 spiro atoms. The van der Waals surface area contributed by atoms with Gasteiger partial charge in [-0.2, -0.15) is 0 Å². The number of rotatable bonds is 7. The highest BCUT2D eigenvalue weighted by Gasteiger charge is 2.12. The summed E-state index contributed by atoms with van der Waals surface area (Å²) in [5.41, 5.74) is 2.34. The minimum Gasteiger partial charge on any atom is -0.505 e. The van der Waals surface area contributed by atoms with Crippen LogP contribution in [0.25, 0.3) is 0 Å². The Labute approximate surface area is 172 Å². The molecule has 3 aromatic carbocycles. The van der Waals surface area contributed by atoms with Crippen LogP contribution >= 0.6 is 23.2 Å². The van der Waals surface area contributed by atoms with Crippen molar-refractivity contribution in [1.29, 1.82) is 0 Å². The number of nitrogens with one attached hydrogen (secondary N) is 1. The van der Waals surface area contributed by atoms with Gasteiger partial charge < -0.3 is 19.9 Å². The van der Waals surface area contributed by atoms with Crippen LogP contribution in [-0.4, -0.2) is 12.2 Å². The molecular formula is C21H18Cl2FNO3. The summed E-state index contributed by atoms with van der Waals surface area (Å²) in [6.45, 7) is 0.678. The molecule has 0 amide bonds. The summed E-state index contributed by atoms with van der Waals surface area (Å²) in [6.07, 6.45) is 0. The summed E-state index contributed by atoms with van der Waals surface area (Å²) in [4.78, 5) is 0. The van der Waals surface area contributed by atoms with Gasteiger partial charge in [-0.05, 0) is 35.9 Å². The van der Waals surface area contributed by atoms with Crippen molar-refractivity contribution in [1.82, 2.24) is 0 Å². The average molecular weight is 422 g/mol. The lowest BCUT2D eigenvalue weighted by molar-refractivity contribution is 0.281. The number of methoxy groups -OCH3 is 1. The van der Waals surface area contributed by atoms with Crippen LogP contribution in [0.4, 0.5) is 10.1 Å². The molecule has 4 nitrogen and oxygen atoms in total. The SMILES string of the molecule is COc1cccc(CNc2cc(Cl)c(O)c(Cl)c2)c1OCc1ccc(F)cc1. The van der Waals surface area contributed by atoms with Crippen molar-refractivity contribution in [3.8, 4) is 17.2 Å². The molecule has 0 aliphatic heterocycles. The summed E-state index contributed by atoms with van der Waals surface area (Å²) in [5.74, 6) is 0.719. The van der Waals surface area contributed by atoms with Crippen molar-refractivity contribution in [3.05, 3.63) is 81.6 Å². The second-order valence-electron chi connectivity index (χ2n) is 6.01. The summed E-state index contributed by atoms with van der Waals surface area (Å²) in [5, 5.41) is 13.2. The van der Waals surface area contributed by atoms with Crippen LogP contribution in [0.3, 0.4) is 0 Å². The Balaban J connectivity index is 1.78. The van der Waals surface area contributed by atoms with Crippen LogP contribution in [0, 0.1) is 5.82 Å². The summed E-state index contributed by atoms with van der Waals surface area (Å²) >= 11 is 11.9. The van der Waals surface area contributed by atoms with Gasteiger partial charge in [-0.1, -0.05) is 47.5 Å². The van der Waals surface area contributed by atoms with Crippen LogP contribution in [-0.2, 0) is 13.2 Å². The maximum absolute atomic E-state index is 13.1. The van der Waals surface area contributed by atoms with Gasteiger partial charge in [0.2, 0.25) is 0 Å². The van der Waals surface area contributed by atoms with Crippen LogP contribution in [0.2, 0.25) is 10.0 Å². The largest absolute Gasteiger partial charge is 0.505 e. The van der Waals surface area contributed by atoms with E-state index in [1.807, 2.05) is 12.1 Å². The van der Waals surface area contributed by atoms with Crippen molar-refractivity contribution < 1.29 is 19.0 Å². The topological polar surface area (TPSA) is 50.7 Å². The van der Waals surface area contributed by atoms with Crippen molar-refractivity contribution >= 4 is 28.9 Å². The van der Waals surface area contributed by atoms with Gasteiger partial charge >= 0.3 is 0 Å². The van der Waals surface area contributed by atoms with E-state index >= 15 is 0 Å². The molecule has 146 valence electrons. The molecule has 0 heterocycles. The molecule has 0 fully saturated rings. The first-order valence-electron chi connectivity index (χ1n) is 8.43. The van der Waals surface area contributed by atoms with Gasteiger partial charge in [-0.15, -0.1) is 0 Å². The number of aromatic hydroxyl groups is 1. The van der Waals surface area contributed by atoms with Gasteiger partial charge in [0.25, 0.3) is 0 Å². The molecule has 0 aliphatic carbocycles. The van der Waals surface area contributed by atoms with E-state index in [0.29, 0.717) is 23.7 Å². The van der Waals surface area contributed by atoms with E-state index in [-0.39, 0.29) is 28.2 Å². The number of benzene rings is 3. The number of anilines is 1. The number of hydrogen-bond donors (Lipinski definition) is 2. The number of halogens is 3. The Morgan fingerprint density at radius 1 is 1.04 bits per heavy atom. The molecule has 2 N–H and O–H groups in total. The van der Waals surface area contributed by atoms with E-state index in [1.54, 1.807) is 37.4 Å². The molecule has 0 bridgehead atoms. The highest BCUT2D eigenvalue weighted by Crippen LogP contribution is 2.36. The number of para-hydroxylation sites is 1. The zero-order valence-electron chi connectivity index (χ0n) is 15.0. The van der Waals surface area contributed by atoms with E-state index in [4.69, 9.17) is 32.7 Å². The second kappa shape index (κ2) is 9.04. The summed E-state index contributed by atoms with van der Waals surface area (Å²) in [6, 6.07) is 14.9. The van der Waals surface area contributed by atoms with Gasteiger partial charge in [-0.25, -0.2) is 4.39 Å². The number of hydrogen-bond acceptors (Lipinski definition) is 4. The molecule has 0 radical (unpaired) electrons. The first kappa shape index (κ1) is 20.1. The summed E-state index contributed by atoms with van der Waals surface area (Å²) < 4.78 is 24.4. The van der Waals surface area contributed by atoms with Gasteiger partial charge in [0.15, 0.2) is 17.2 Å². The molecular weight excluding hydrogens is 404 g/mol. The third-order valence-corrected chi connectivity index (χ3v) is 4.65.